The summed E-state index contributed by atoms with van der Waals surface area (Å²) in [6.45, 7) is 1.31. The Morgan fingerprint density at radius 2 is 2.12 bits per heavy atom. The molecule has 3 aromatic rings. The summed E-state index contributed by atoms with van der Waals surface area (Å²) in [5, 5.41) is 4.50. The third kappa shape index (κ3) is 3.31. The van der Waals surface area contributed by atoms with E-state index in [1.807, 2.05) is 18.2 Å². The first kappa shape index (κ1) is 16.2. The number of rotatable bonds is 4. The number of ether oxygens (including phenoxy) is 1. The number of pyridine rings is 1. The van der Waals surface area contributed by atoms with Crippen molar-refractivity contribution >= 4 is 34.0 Å². The van der Waals surface area contributed by atoms with Crippen LogP contribution < -0.4 is 10.1 Å². The first-order valence-electron chi connectivity index (χ1n) is 7.26. The fourth-order valence-corrected chi connectivity index (χ4v) is 2.64. The second-order valence-electron chi connectivity index (χ2n) is 5.21. The van der Waals surface area contributed by atoms with Gasteiger partial charge in [0.05, 0.1) is 10.7 Å². The lowest BCUT2D eigenvalue weighted by molar-refractivity contribution is -0.114. The molecule has 3 rings (SSSR count). The zero-order valence-electron chi connectivity index (χ0n) is 12.8. The largest absolute Gasteiger partial charge is 0.488 e. The number of hydrogen-bond acceptors (Lipinski definition) is 3. The molecule has 0 aliphatic heterocycles. The van der Waals surface area contributed by atoms with Crippen molar-refractivity contribution in [2.24, 2.45) is 0 Å². The first-order valence-corrected chi connectivity index (χ1v) is 7.64. The molecule has 0 spiro atoms. The van der Waals surface area contributed by atoms with E-state index in [0.717, 1.165) is 10.8 Å². The molecule has 2 aromatic carbocycles. The molecule has 0 unspecified atom stereocenters. The number of benzene rings is 2. The highest BCUT2D eigenvalue weighted by Crippen LogP contribution is 2.31. The lowest BCUT2D eigenvalue weighted by Gasteiger charge is -2.13. The molecule has 0 atom stereocenters. The normalized spacial score (nSPS) is 10.6. The molecule has 0 saturated carbocycles. The van der Waals surface area contributed by atoms with Crippen molar-refractivity contribution in [1.82, 2.24) is 4.98 Å². The van der Waals surface area contributed by atoms with Crippen LogP contribution in [0.25, 0.3) is 10.8 Å². The van der Waals surface area contributed by atoms with Gasteiger partial charge in [-0.05, 0) is 24.3 Å². The Morgan fingerprint density at radius 1 is 1.29 bits per heavy atom. The second kappa shape index (κ2) is 6.84. The molecule has 122 valence electrons. The van der Waals surface area contributed by atoms with Crippen LogP contribution in [0.5, 0.6) is 5.75 Å². The van der Waals surface area contributed by atoms with E-state index in [-0.39, 0.29) is 23.1 Å². The Morgan fingerprint density at radius 3 is 2.92 bits per heavy atom. The zero-order valence-corrected chi connectivity index (χ0v) is 13.6. The van der Waals surface area contributed by atoms with Crippen LogP contribution in [0.1, 0.15) is 12.5 Å². The summed E-state index contributed by atoms with van der Waals surface area (Å²) in [6, 6.07) is 10.1. The van der Waals surface area contributed by atoms with E-state index in [0.29, 0.717) is 11.4 Å². The van der Waals surface area contributed by atoms with Crippen LogP contribution in [0.4, 0.5) is 10.1 Å². The summed E-state index contributed by atoms with van der Waals surface area (Å²) in [4.78, 5) is 15.2. The van der Waals surface area contributed by atoms with Crippen molar-refractivity contribution in [3.63, 3.8) is 0 Å². The summed E-state index contributed by atoms with van der Waals surface area (Å²) >= 11 is 6.20. The van der Waals surface area contributed by atoms with E-state index in [1.165, 1.54) is 19.1 Å². The maximum atomic E-state index is 14.1. The van der Waals surface area contributed by atoms with Gasteiger partial charge in [0.25, 0.3) is 0 Å². The van der Waals surface area contributed by atoms with Gasteiger partial charge < -0.3 is 10.1 Å². The van der Waals surface area contributed by atoms with Gasteiger partial charge in [-0.25, -0.2) is 4.39 Å². The summed E-state index contributed by atoms with van der Waals surface area (Å²) < 4.78 is 19.9. The van der Waals surface area contributed by atoms with E-state index in [4.69, 9.17) is 16.3 Å². The van der Waals surface area contributed by atoms with Crippen molar-refractivity contribution in [3.05, 3.63) is 65.2 Å². The molecule has 24 heavy (non-hydrogen) atoms. The number of fused-ring (bicyclic) bond motifs is 1. The number of hydrogen-bond donors (Lipinski definition) is 1. The van der Waals surface area contributed by atoms with Gasteiger partial charge >= 0.3 is 0 Å². The van der Waals surface area contributed by atoms with Crippen LogP contribution in [-0.4, -0.2) is 10.9 Å². The summed E-state index contributed by atoms with van der Waals surface area (Å²) in [7, 11) is 0. The van der Waals surface area contributed by atoms with Gasteiger partial charge in [-0.2, -0.15) is 0 Å². The Balaban J connectivity index is 1.90. The topological polar surface area (TPSA) is 51.2 Å². The number of nitrogens with zero attached hydrogens (tertiary/aromatic N) is 1. The van der Waals surface area contributed by atoms with Crippen LogP contribution in [0.3, 0.4) is 0 Å². The summed E-state index contributed by atoms with van der Waals surface area (Å²) in [5.74, 6) is -0.164. The van der Waals surface area contributed by atoms with Crippen LogP contribution in [0.15, 0.2) is 48.8 Å². The van der Waals surface area contributed by atoms with Crippen molar-refractivity contribution in [1.29, 1.82) is 0 Å². The highest BCUT2D eigenvalue weighted by molar-refractivity contribution is 6.34. The quantitative estimate of drug-likeness (QED) is 0.754. The van der Waals surface area contributed by atoms with Gasteiger partial charge in [-0.3, -0.25) is 9.78 Å². The van der Waals surface area contributed by atoms with Crippen LogP contribution in [-0.2, 0) is 11.4 Å². The Kier molecular flexibility index (Phi) is 4.62. The number of amides is 1. The van der Waals surface area contributed by atoms with E-state index in [1.54, 1.807) is 18.5 Å². The average molecular weight is 345 g/mol. The molecule has 1 heterocycles. The molecule has 0 fully saturated rings. The van der Waals surface area contributed by atoms with Gasteiger partial charge in [-0.1, -0.05) is 23.7 Å². The number of anilines is 1. The van der Waals surface area contributed by atoms with E-state index in [2.05, 4.69) is 10.3 Å². The fourth-order valence-electron chi connectivity index (χ4n) is 2.38. The van der Waals surface area contributed by atoms with Crippen LogP contribution >= 0.6 is 11.6 Å². The molecule has 1 N–H and O–H groups in total. The van der Waals surface area contributed by atoms with Gasteiger partial charge in [0, 0.05) is 35.7 Å². The van der Waals surface area contributed by atoms with Crippen molar-refractivity contribution in [2.45, 2.75) is 13.5 Å². The molecular weight excluding hydrogens is 331 g/mol. The monoisotopic (exact) mass is 344 g/mol. The summed E-state index contributed by atoms with van der Waals surface area (Å²) in [5.41, 5.74) is 0.542. The molecule has 0 aliphatic carbocycles. The van der Waals surface area contributed by atoms with Crippen molar-refractivity contribution in [3.8, 4) is 5.75 Å². The summed E-state index contributed by atoms with van der Waals surface area (Å²) in [6.07, 6.45) is 3.40. The lowest BCUT2D eigenvalue weighted by Crippen LogP contribution is -2.08. The average Bonchev–Trinajstić information content (AvgIpc) is 2.57. The highest BCUT2D eigenvalue weighted by atomic mass is 35.5. The Bertz CT molecular complexity index is 909. The molecule has 0 bridgehead atoms. The molecule has 6 heteroatoms. The molecule has 0 radical (unpaired) electrons. The molecular formula is C18H14ClFN2O2. The molecule has 4 nitrogen and oxygen atoms in total. The predicted molar refractivity (Wildman–Crippen MR) is 91.8 cm³/mol. The van der Waals surface area contributed by atoms with Gasteiger partial charge in [-0.15, -0.1) is 0 Å². The molecule has 0 saturated heterocycles. The SMILES string of the molecule is CC(=O)Nc1ccc(F)c(COc2cccc3cnccc23)c1Cl. The van der Waals surface area contributed by atoms with Crippen molar-refractivity contribution < 1.29 is 13.9 Å². The first-order chi connectivity index (χ1) is 11.6. The fraction of sp³-hybridized carbons (Fsp3) is 0.111. The minimum Gasteiger partial charge on any atom is -0.488 e. The highest BCUT2D eigenvalue weighted by Gasteiger charge is 2.14. The minimum atomic E-state index is -0.490. The minimum absolute atomic E-state index is 0.0560. The van der Waals surface area contributed by atoms with E-state index >= 15 is 0 Å². The zero-order chi connectivity index (χ0) is 17.1. The van der Waals surface area contributed by atoms with Crippen LogP contribution in [0, 0.1) is 5.82 Å². The van der Waals surface area contributed by atoms with Gasteiger partial charge in [0.1, 0.15) is 18.2 Å². The molecule has 1 amide bonds. The Labute approximate surface area is 143 Å². The van der Waals surface area contributed by atoms with Crippen molar-refractivity contribution in [2.75, 3.05) is 5.32 Å². The van der Waals surface area contributed by atoms with E-state index in [9.17, 15) is 9.18 Å². The second-order valence-corrected chi connectivity index (χ2v) is 5.59. The maximum absolute atomic E-state index is 14.1. The number of aromatic nitrogens is 1. The number of carbonyl (C=O) groups is 1. The number of halogens is 2. The van der Waals surface area contributed by atoms with E-state index < -0.39 is 5.82 Å². The van der Waals surface area contributed by atoms with Gasteiger partial charge in [0.2, 0.25) is 5.91 Å². The smallest absolute Gasteiger partial charge is 0.221 e. The molecule has 0 aliphatic rings. The third-order valence-electron chi connectivity index (χ3n) is 3.51. The predicted octanol–water partition coefficient (Wildman–Crippen LogP) is 4.56. The third-order valence-corrected chi connectivity index (χ3v) is 3.94. The number of nitrogens with one attached hydrogen (secondary N) is 1. The molecule has 1 aromatic heterocycles. The van der Waals surface area contributed by atoms with Gasteiger partial charge in [0.15, 0.2) is 0 Å². The number of carbonyl (C=O) groups excluding carboxylic acids is 1. The van der Waals surface area contributed by atoms with Crippen LogP contribution in [0.2, 0.25) is 5.02 Å². The Hall–Kier alpha value is -2.66. The standard InChI is InChI=1S/C18H14ClFN2O2/c1-11(23)22-16-6-5-15(20)14(18(16)19)10-24-17-4-2-3-12-9-21-8-7-13(12)17/h2-9H,10H2,1H3,(H,22,23). The lowest BCUT2D eigenvalue weighted by atomic mass is 10.1. The maximum Gasteiger partial charge on any atom is 0.221 e.